The van der Waals surface area contributed by atoms with Crippen molar-refractivity contribution in [1.29, 1.82) is 0 Å². The van der Waals surface area contributed by atoms with Crippen LogP contribution in [0.15, 0.2) is 30.7 Å². The highest BCUT2D eigenvalue weighted by molar-refractivity contribution is 5.61. The third-order valence-corrected chi connectivity index (χ3v) is 5.26. The number of nitrogens with one attached hydrogen (secondary N) is 1. The van der Waals surface area contributed by atoms with Crippen LogP contribution in [0.4, 0.5) is 23.5 Å². The lowest BCUT2D eigenvalue weighted by Gasteiger charge is -2.26. The normalized spacial score (nSPS) is 20.2. The van der Waals surface area contributed by atoms with Crippen LogP contribution in [0, 0.1) is 11.7 Å². The second-order valence-corrected chi connectivity index (χ2v) is 7.34. The molecule has 0 spiro atoms. The molecule has 3 aromatic heterocycles. The number of imidazole rings is 1. The van der Waals surface area contributed by atoms with Gasteiger partial charge in [-0.2, -0.15) is 13.2 Å². The van der Waals surface area contributed by atoms with Crippen molar-refractivity contribution in [1.82, 2.24) is 19.4 Å². The first-order valence-electron chi connectivity index (χ1n) is 9.38. The molecule has 0 atom stereocenters. The van der Waals surface area contributed by atoms with Crippen LogP contribution in [0.3, 0.4) is 0 Å². The lowest BCUT2D eigenvalue weighted by atomic mass is 9.86. The Morgan fingerprint density at radius 1 is 1.10 bits per heavy atom. The van der Waals surface area contributed by atoms with E-state index in [0.717, 1.165) is 44.1 Å². The van der Waals surface area contributed by atoms with Gasteiger partial charge in [-0.25, -0.2) is 19.3 Å². The summed E-state index contributed by atoms with van der Waals surface area (Å²) in [7, 11) is 0. The minimum atomic E-state index is -4.52. The van der Waals surface area contributed by atoms with E-state index in [2.05, 4.69) is 20.3 Å². The fourth-order valence-corrected chi connectivity index (χ4v) is 3.58. The molecule has 10 heteroatoms. The van der Waals surface area contributed by atoms with Gasteiger partial charge in [-0.1, -0.05) is 0 Å². The number of fused-ring (bicyclic) bond motifs is 1. The molecule has 1 aliphatic carbocycles. The summed E-state index contributed by atoms with van der Waals surface area (Å²) < 4.78 is 54.7. The molecule has 0 aromatic carbocycles. The summed E-state index contributed by atoms with van der Waals surface area (Å²) >= 11 is 0. The Hall–Kier alpha value is -2.75. The molecule has 29 heavy (non-hydrogen) atoms. The summed E-state index contributed by atoms with van der Waals surface area (Å²) in [6.45, 7) is 0.628. The number of nitrogens with zero attached hydrogens (tertiary/aromatic N) is 4. The van der Waals surface area contributed by atoms with E-state index in [1.807, 2.05) is 0 Å². The second-order valence-electron chi connectivity index (χ2n) is 7.34. The molecular weight excluding hydrogens is 388 g/mol. The Bertz CT molecular complexity index is 1010. The molecule has 1 fully saturated rings. The third kappa shape index (κ3) is 4.16. The van der Waals surface area contributed by atoms with Crippen molar-refractivity contribution in [2.75, 3.05) is 11.9 Å². The maximum absolute atomic E-state index is 14.4. The first-order valence-corrected chi connectivity index (χ1v) is 9.38. The van der Waals surface area contributed by atoms with Crippen LogP contribution in [-0.4, -0.2) is 31.9 Å². The van der Waals surface area contributed by atoms with Crippen molar-refractivity contribution in [2.24, 2.45) is 11.7 Å². The van der Waals surface area contributed by atoms with Gasteiger partial charge in [0.25, 0.3) is 0 Å². The summed E-state index contributed by atoms with van der Waals surface area (Å²) in [5, 5.41) is 3.10. The summed E-state index contributed by atoms with van der Waals surface area (Å²) in [5.41, 5.74) is 5.33. The van der Waals surface area contributed by atoms with E-state index in [1.54, 1.807) is 0 Å². The van der Waals surface area contributed by atoms with E-state index in [9.17, 15) is 17.6 Å². The molecule has 3 aromatic rings. The molecule has 0 saturated heterocycles. The molecule has 0 bridgehead atoms. The predicted octanol–water partition coefficient (Wildman–Crippen LogP) is 3.88. The monoisotopic (exact) mass is 408 g/mol. The van der Waals surface area contributed by atoms with E-state index in [4.69, 9.17) is 5.73 Å². The number of nitrogens with two attached hydrogens (primary N) is 1. The number of aromatic nitrogens is 4. The van der Waals surface area contributed by atoms with Crippen molar-refractivity contribution in [2.45, 2.75) is 37.9 Å². The smallest absolute Gasteiger partial charge is 0.354 e. The lowest BCUT2D eigenvalue weighted by Crippen LogP contribution is -2.29. The second kappa shape index (κ2) is 7.58. The highest BCUT2D eigenvalue weighted by Gasteiger charge is 2.31. The summed E-state index contributed by atoms with van der Waals surface area (Å²) in [6, 6.07) is 2.42. The van der Waals surface area contributed by atoms with E-state index in [0.29, 0.717) is 12.5 Å². The van der Waals surface area contributed by atoms with Crippen molar-refractivity contribution < 1.29 is 17.6 Å². The topological polar surface area (TPSA) is 81.1 Å². The third-order valence-electron chi connectivity index (χ3n) is 5.26. The van der Waals surface area contributed by atoms with E-state index >= 15 is 0 Å². The van der Waals surface area contributed by atoms with Gasteiger partial charge in [0.1, 0.15) is 11.3 Å². The Kier molecular flexibility index (Phi) is 5.12. The minimum Gasteiger partial charge on any atom is -0.354 e. The standard InChI is InChI=1S/C19H20F4N6/c20-14-8-27-18(26-7-11-1-4-13(24)5-2-11)28-17(14)15-9-25-16-6-3-12(10-29(15)16)19(21,22)23/h3,6,8-11,13H,1-2,4-5,7,24H2,(H,26,27,28). The Balaban J connectivity index is 1.60. The van der Waals surface area contributed by atoms with Gasteiger partial charge in [-0.15, -0.1) is 0 Å². The number of pyridine rings is 1. The fraction of sp³-hybridized carbons (Fsp3) is 0.421. The largest absolute Gasteiger partial charge is 0.417 e. The lowest BCUT2D eigenvalue weighted by molar-refractivity contribution is -0.137. The number of hydrogen-bond donors (Lipinski definition) is 2. The minimum absolute atomic E-state index is 0.111. The maximum Gasteiger partial charge on any atom is 0.417 e. The van der Waals surface area contributed by atoms with Crippen LogP contribution in [0.2, 0.25) is 0 Å². The molecule has 3 heterocycles. The number of alkyl halides is 3. The van der Waals surface area contributed by atoms with Crippen molar-refractivity contribution >= 4 is 11.6 Å². The van der Waals surface area contributed by atoms with Gasteiger partial charge in [-0.3, -0.25) is 4.40 Å². The number of hydrogen-bond acceptors (Lipinski definition) is 5. The predicted molar refractivity (Wildman–Crippen MR) is 99.6 cm³/mol. The first-order chi connectivity index (χ1) is 13.8. The number of anilines is 1. The van der Waals surface area contributed by atoms with Gasteiger partial charge in [0, 0.05) is 18.8 Å². The molecule has 1 saturated carbocycles. The van der Waals surface area contributed by atoms with Crippen molar-refractivity contribution in [3.05, 3.63) is 42.1 Å². The SMILES string of the molecule is NC1CCC(CNc2ncc(F)c(-c3cnc4ccc(C(F)(F)F)cn34)n2)CC1. The average Bonchev–Trinajstić information content (AvgIpc) is 3.11. The fourth-order valence-electron chi connectivity index (χ4n) is 3.58. The van der Waals surface area contributed by atoms with Crippen LogP contribution in [0.25, 0.3) is 17.0 Å². The maximum atomic E-state index is 14.4. The molecule has 1 aliphatic rings. The summed E-state index contributed by atoms with van der Waals surface area (Å²) in [6.07, 6.45) is 2.59. The van der Waals surface area contributed by atoms with Gasteiger partial charge < -0.3 is 11.1 Å². The number of rotatable bonds is 4. The summed E-state index contributed by atoms with van der Waals surface area (Å²) in [4.78, 5) is 12.2. The van der Waals surface area contributed by atoms with Crippen LogP contribution in [-0.2, 0) is 6.18 Å². The van der Waals surface area contributed by atoms with E-state index < -0.39 is 17.6 Å². The first kappa shape index (κ1) is 19.6. The number of halogens is 4. The highest BCUT2D eigenvalue weighted by Crippen LogP contribution is 2.31. The molecule has 6 nitrogen and oxygen atoms in total. The quantitative estimate of drug-likeness (QED) is 0.641. The molecule has 154 valence electrons. The molecule has 0 amide bonds. The average molecular weight is 408 g/mol. The zero-order chi connectivity index (χ0) is 20.6. The summed E-state index contributed by atoms with van der Waals surface area (Å²) in [5.74, 6) is -0.0892. The zero-order valence-electron chi connectivity index (χ0n) is 15.5. The van der Waals surface area contributed by atoms with Crippen molar-refractivity contribution in [3.8, 4) is 11.4 Å². The van der Waals surface area contributed by atoms with Gasteiger partial charge in [0.15, 0.2) is 5.82 Å². The van der Waals surface area contributed by atoms with E-state index in [-0.39, 0.29) is 29.0 Å². The Labute approximate surface area is 164 Å². The van der Waals surface area contributed by atoms with Gasteiger partial charge in [-0.05, 0) is 43.7 Å². The van der Waals surface area contributed by atoms with Crippen molar-refractivity contribution in [3.63, 3.8) is 0 Å². The van der Waals surface area contributed by atoms with E-state index in [1.165, 1.54) is 16.7 Å². The molecule has 0 radical (unpaired) electrons. The van der Waals surface area contributed by atoms with Crippen LogP contribution < -0.4 is 11.1 Å². The molecular formula is C19H20F4N6. The zero-order valence-corrected chi connectivity index (χ0v) is 15.5. The van der Waals surface area contributed by atoms with Crippen LogP contribution in [0.5, 0.6) is 0 Å². The van der Waals surface area contributed by atoms with Gasteiger partial charge in [0.2, 0.25) is 5.95 Å². The highest BCUT2D eigenvalue weighted by atomic mass is 19.4. The molecule has 0 aliphatic heterocycles. The Morgan fingerprint density at radius 3 is 2.59 bits per heavy atom. The molecule has 4 rings (SSSR count). The van der Waals surface area contributed by atoms with Gasteiger partial charge >= 0.3 is 6.18 Å². The molecule has 3 N–H and O–H groups in total. The van der Waals surface area contributed by atoms with Gasteiger partial charge in [0.05, 0.1) is 23.7 Å². The van der Waals surface area contributed by atoms with Crippen LogP contribution >= 0.6 is 0 Å². The van der Waals surface area contributed by atoms with Crippen LogP contribution in [0.1, 0.15) is 31.2 Å². The molecule has 0 unspecified atom stereocenters. The Morgan fingerprint density at radius 2 is 1.86 bits per heavy atom.